The summed E-state index contributed by atoms with van der Waals surface area (Å²) < 4.78 is 12.8. The quantitative estimate of drug-likeness (QED) is 0.890. The number of phenols is 1. The monoisotopic (exact) mass is 259 g/mol. The third-order valence-electron chi connectivity index (χ3n) is 2.86. The Morgan fingerprint density at radius 3 is 2.42 bits per heavy atom. The number of para-hydroxylation sites is 1. The topological polar surface area (TPSA) is 49.3 Å². The van der Waals surface area contributed by atoms with Gasteiger partial charge in [-0.1, -0.05) is 18.2 Å². The summed E-state index contributed by atoms with van der Waals surface area (Å²) in [6.45, 7) is 1.77. The summed E-state index contributed by atoms with van der Waals surface area (Å²) in [5.74, 6) is -0.560. The molecule has 0 fully saturated rings. The van der Waals surface area contributed by atoms with Gasteiger partial charge in [-0.15, -0.1) is 0 Å². The van der Waals surface area contributed by atoms with Gasteiger partial charge in [-0.3, -0.25) is 4.79 Å². The average molecular weight is 259 g/mol. The van der Waals surface area contributed by atoms with Gasteiger partial charge < -0.3 is 10.4 Å². The highest BCUT2D eigenvalue weighted by Gasteiger charge is 2.13. The summed E-state index contributed by atoms with van der Waals surface area (Å²) in [5, 5.41) is 12.5. The lowest BCUT2D eigenvalue weighted by Gasteiger charge is -2.15. The molecule has 19 heavy (non-hydrogen) atoms. The first-order chi connectivity index (χ1) is 9.08. The average Bonchev–Trinajstić information content (AvgIpc) is 2.39. The fourth-order valence-electron chi connectivity index (χ4n) is 1.81. The Labute approximate surface area is 110 Å². The van der Waals surface area contributed by atoms with Crippen molar-refractivity contribution in [3.8, 4) is 5.75 Å². The maximum Gasteiger partial charge on any atom is 0.251 e. The predicted octanol–water partition coefficient (Wildman–Crippen LogP) is 3.02. The van der Waals surface area contributed by atoms with Gasteiger partial charge in [-0.25, -0.2) is 4.39 Å². The number of amides is 1. The Balaban J connectivity index is 2.11. The Bertz CT molecular complexity index is 581. The van der Waals surface area contributed by atoms with Gasteiger partial charge in [0.15, 0.2) is 0 Å². The number of hydrogen-bond acceptors (Lipinski definition) is 2. The molecule has 0 heterocycles. The van der Waals surface area contributed by atoms with Crippen LogP contribution in [0.15, 0.2) is 48.5 Å². The Kier molecular flexibility index (Phi) is 3.80. The van der Waals surface area contributed by atoms with Gasteiger partial charge in [0.25, 0.3) is 5.91 Å². The van der Waals surface area contributed by atoms with E-state index in [2.05, 4.69) is 5.32 Å². The Hall–Kier alpha value is -2.36. The van der Waals surface area contributed by atoms with E-state index in [4.69, 9.17) is 0 Å². The molecule has 0 saturated carbocycles. The SMILES string of the molecule is CC(NC(=O)c1ccc(F)cc1)c1ccccc1O. The molecular formula is C15H14FNO2. The van der Waals surface area contributed by atoms with Crippen LogP contribution in [-0.2, 0) is 0 Å². The number of carbonyl (C=O) groups is 1. The minimum atomic E-state index is -0.384. The van der Waals surface area contributed by atoms with Crippen LogP contribution in [-0.4, -0.2) is 11.0 Å². The zero-order valence-corrected chi connectivity index (χ0v) is 10.4. The van der Waals surface area contributed by atoms with Crippen LogP contribution < -0.4 is 5.32 Å². The van der Waals surface area contributed by atoms with Crippen LogP contribution in [0, 0.1) is 5.82 Å². The van der Waals surface area contributed by atoms with Crippen molar-refractivity contribution in [2.75, 3.05) is 0 Å². The lowest BCUT2D eigenvalue weighted by Crippen LogP contribution is -2.26. The molecule has 0 saturated heterocycles. The molecule has 1 amide bonds. The van der Waals surface area contributed by atoms with Crippen molar-refractivity contribution in [2.24, 2.45) is 0 Å². The van der Waals surface area contributed by atoms with Crippen LogP contribution in [0.2, 0.25) is 0 Å². The molecule has 2 rings (SSSR count). The number of aromatic hydroxyl groups is 1. The molecular weight excluding hydrogens is 245 g/mol. The van der Waals surface area contributed by atoms with E-state index < -0.39 is 0 Å². The summed E-state index contributed by atoms with van der Waals surface area (Å²) >= 11 is 0. The molecule has 3 nitrogen and oxygen atoms in total. The number of carbonyl (C=O) groups excluding carboxylic acids is 1. The summed E-state index contributed by atoms with van der Waals surface area (Å²) in [7, 11) is 0. The first-order valence-electron chi connectivity index (χ1n) is 5.92. The zero-order chi connectivity index (χ0) is 13.8. The van der Waals surface area contributed by atoms with Gasteiger partial charge in [-0.2, -0.15) is 0 Å². The fourth-order valence-corrected chi connectivity index (χ4v) is 1.81. The van der Waals surface area contributed by atoms with E-state index in [1.165, 1.54) is 24.3 Å². The third kappa shape index (κ3) is 3.10. The van der Waals surface area contributed by atoms with Gasteiger partial charge in [-0.05, 0) is 37.3 Å². The maximum absolute atomic E-state index is 12.8. The number of halogens is 1. The zero-order valence-electron chi connectivity index (χ0n) is 10.4. The first kappa shape index (κ1) is 13.1. The molecule has 0 aliphatic heterocycles. The van der Waals surface area contributed by atoms with Crippen molar-refractivity contribution in [3.63, 3.8) is 0 Å². The van der Waals surface area contributed by atoms with Gasteiger partial charge >= 0.3 is 0 Å². The summed E-state index contributed by atoms with van der Waals surface area (Å²) in [4.78, 5) is 11.9. The molecule has 0 aliphatic rings. The molecule has 0 spiro atoms. The molecule has 0 aromatic heterocycles. The lowest BCUT2D eigenvalue weighted by atomic mass is 10.1. The van der Waals surface area contributed by atoms with Gasteiger partial charge in [0.05, 0.1) is 6.04 Å². The van der Waals surface area contributed by atoms with E-state index >= 15 is 0 Å². The standard InChI is InChI=1S/C15H14FNO2/c1-10(13-4-2-3-5-14(13)18)17-15(19)11-6-8-12(16)9-7-11/h2-10,18H,1H3,(H,17,19). The first-order valence-corrected chi connectivity index (χ1v) is 5.92. The van der Waals surface area contributed by atoms with E-state index in [0.29, 0.717) is 11.1 Å². The van der Waals surface area contributed by atoms with E-state index in [1.807, 2.05) is 0 Å². The second-order valence-corrected chi connectivity index (χ2v) is 4.26. The van der Waals surface area contributed by atoms with E-state index in [0.717, 1.165) is 0 Å². The molecule has 0 bridgehead atoms. The maximum atomic E-state index is 12.8. The Morgan fingerprint density at radius 1 is 1.16 bits per heavy atom. The molecule has 0 radical (unpaired) electrons. The molecule has 1 atom stereocenters. The second-order valence-electron chi connectivity index (χ2n) is 4.26. The molecule has 2 N–H and O–H groups in total. The highest BCUT2D eigenvalue weighted by Crippen LogP contribution is 2.23. The Morgan fingerprint density at radius 2 is 1.79 bits per heavy atom. The van der Waals surface area contributed by atoms with Crippen LogP contribution in [0.4, 0.5) is 4.39 Å². The number of nitrogens with one attached hydrogen (secondary N) is 1. The molecule has 2 aromatic rings. The lowest BCUT2D eigenvalue weighted by molar-refractivity contribution is 0.0939. The highest BCUT2D eigenvalue weighted by atomic mass is 19.1. The summed E-state index contributed by atoms with van der Waals surface area (Å²) in [5.41, 5.74) is 1.02. The van der Waals surface area contributed by atoms with Crippen LogP contribution in [0.25, 0.3) is 0 Å². The second kappa shape index (κ2) is 5.52. The van der Waals surface area contributed by atoms with Crippen molar-refractivity contribution in [1.29, 1.82) is 0 Å². The molecule has 0 aliphatic carbocycles. The van der Waals surface area contributed by atoms with Gasteiger partial charge in [0, 0.05) is 11.1 Å². The highest BCUT2D eigenvalue weighted by molar-refractivity contribution is 5.94. The van der Waals surface area contributed by atoms with Gasteiger partial charge in [0.2, 0.25) is 0 Å². The summed E-state index contributed by atoms with van der Waals surface area (Å²) in [6, 6.07) is 11.8. The van der Waals surface area contributed by atoms with Crippen molar-refractivity contribution >= 4 is 5.91 Å². The van der Waals surface area contributed by atoms with Crippen LogP contribution in [0.3, 0.4) is 0 Å². The minimum absolute atomic E-state index is 0.134. The van der Waals surface area contributed by atoms with Crippen LogP contribution >= 0.6 is 0 Å². The van der Waals surface area contributed by atoms with Crippen molar-refractivity contribution in [3.05, 3.63) is 65.5 Å². The predicted molar refractivity (Wildman–Crippen MR) is 70.4 cm³/mol. The molecule has 98 valence electrons. The van der Waals surface area contributed by atoms with E-state index in [9.17, 15) is 14.3 Å². The number of rotatable bonds is 3. The van der Waals surface area contributed by atoms with Crippen LogP contribution in [0.1, 0.15) is 28.9 Å². The van der Waals surface area contributed by atoms with Crippen molar-refractivity contribution < 1.29 is 14.3 Å². The van der Waals surface area contributed by atoms with Crippen molar-refractivity contribution in [2.45, 2.75) is 13.0 Å². The van der Waals surface area contributed by atoms with Crippen molar-refractivity contribution in [1.82, 2.24) is 5.32 Å². The normalized spacial score (nSPS) is 11.9. The molecule has 1 unspecified atom stereocenters. The number of phenolic OH excluding ortho intramolecular Hbond substituents is 1. The number of benzene rings is 2. The summed E-state index contributed by atoms with van der Waals surface area (Å²) in [6.07, 6.45) is 0. The smallest absolute Gasteiger partial charge is 0.251 e. The molecule has 2 aromatic carbocycles. The fraction of sp³-hybridized carbons (Fsp3) is 0.133. The van der Waals surface area contributed by atoms with Crippen LogP contribution in [0.5, 0.6) is 5.75 Å². The number of hydrogen-bond donors (Lipinski definition) is 2. The van der Waals surface area contributed by atoms with Gasteiger partial charge in [0.1, 0.15) is 11.6 Å². The molecule has 4 heteroatoms. The largest absolute Gasteiger partial charge is 0.508 e. The third-order valence-corrected chi connectivity index (χ3v) is 2.86. The van der Waals surface area contributed by atoms with E-state index in [1.54, 1.807) is 31.2 Å². The van der Waals surface area contributed by atoms with E-state index in [-0.39, 0.29) is 23.5 Å². The minimum Gasteiger partial charge on any atom is -0.508 e.